The van der Waals surface area contributed by atoms with Gasteiger partial charge in [-0.1, -0.05) is 6.07 Å². The van der Waals surface area contributed by atoms with Gasteiger partial charge >= 0.3 is 0 Å². The van der Waals surface area contributed by atoms with Crippen molar-refractivity contribution in [2.24, 2.45) is 0 Å². The predicted molar refractivity (Wildman–Crippen MR) is 143 cm³/mol. The second-order valence-corrected chi connectivity index (χ2v) is 9.12. The fourth-order valence-electron chi connectivity index (χ4n) is 4.50. The molecule has 0 amide bonds. The van der Waals surface area contributed by atoms with E-state index in [1.807, 2.05) is 79.2 Å². The molecule has 9 heteroatoms. The molecule has 0 spiro atoms. The minimum absolute atomic E-state index is 0.0489. The Morgan fingerprint density at radius 2 is 1.72 bits per heavy atom. The molecule has 182 valence electrons. The number of hydrogen-bond acceptors (Lipinski definition) is 5. The van der Waals surface area contributed by atoms with E-state index >= 15 is 0 Å². The molecule has 0 saturated carbocycles. The normalized spacial score (nSPS) is 17.3. The number of nitrogens with zero attached hydrogens (tertiary/aromatic N) is 4. The Labute approximate surface area is 214 Å². The second-order valence-electron chi connectivity index (χ2n) is 8.73. The molecule has 2 aromatic heterocycles. The minimum atomic E-state index is -0.398. The molecule has 0 radical (unpaired) electrons. The van der Waals surface area contributed by atoms with Crippen molar-refractivity contribution >= 4 is 28.7 Å². The summed E-state index contributed by atoms with van der Waals surface area (Å²) in [6.45, 7) is 3.99. The third-order valence-electron chi connectivity index (χ3n) is 6.01. The summed E-state index contributed by atoms with van der Waals surface area (Å²) in [6, 6.07) is 23.8. The van der Waals surface area contributed by atoms with Crippen molar-refractivity contribution in [3.8, 4) is 11.4 Å². The number of hydrogen-bond donors (Lipinski definition) is 1. The van der Waals surface area contributed by atoms with E-state index in [0.717, 1.165) is 28.5 Å². The van der Waals surface area contributed by atoms with Crippen molar-refractivity contribution in [3.63, 3.8) is 0 Å². The molecule has 1 N–H and O–H groups in total. The van der Waals surface area contributed by atoms with Crippen molar-refractivity contribution in [1.82, 2.24) is 14.9 Å². The zero-order valence-electron chi connectivity index (χ0n) is 19.8. The van der Waals surface area contributed by atoms with Crippen LogP contribution in [0.1, 0.15) is 37.3 Å². The van der Waals surface area contributed by atoms with Crippen LogP contribution >= 0.6 is 12.2 Å². The third kappa shape index (κ3) is 4.52. The quantitative estimate of drug-likeness (QED) is 0.197. The number of non-ortho nitro benzene ring substituents is 1. The molecule has 4 aromatic rings. The third-order valence-corrected chi connectivity index (χ3v) is 6.32. The lowest BCUT2D eigenvalue weighted by Crippen LogP contribution is -2.30. The Morgan fingerprint density at radius 1 is 1.00 bits per heavy atom. The first-order valence-corrected chi connectivity index (χ1v) is 12.0. The van der Waals surface area contributed by atoms with Gasteiger partial charge in [-0.05, 0) is 86.7 Å². The van der Waals surface area contributed by atoms with E-state index in [4.69, 9.17) is 17.0 Å². The number of nitrogens with one attached hydrogen (secondary N) is 1. The molecular formula is C27H25N5O3S. The van der Waals surface area contributed by atoms with Gasteiger partial charge in [0, 0.05) is 41.6 Å². The Kier molecular flexibility index (Phi) is 6.39. The van der Waals surface area contributed by atoms with Crippen LogP contribution < -0.4 is 15.0 Å². The number of rotatable bonds is 7. The average Bonchev–Trinajstić information content (AvgIpc) is 3.49. The van der Waals surface area contributed by atoms with Crippen molar-refractivity contribution in [2.75, 3.05) is 4.90 Å². The number of nitro benzene ring substituents is 1. The molecule has 0 unspecified atom stereocenters. The standard InChI is InChI=1S/C27H25N5O3S/c1-18(2)35-22-14-12-20(13-15-22)31-26(25(29-27(31)36)23-6-3-4-16-28-23)24-7-5-17-30(24)19-8-10-21(11-9-19)32(33)34/h3-18,25-26H,1-2H3,(H,29,36)/t25-,26+/m1/s1. The van der Waals surface area contributed by atoms with Crippen LogP contribution in [0.3, 0.4) is 0 Å². The maximum atomic E-state index is 11.1. The van der Waals surface area contributed by atoms with Gasteiger partial charge in [0.05, 0.1) is 22.8 Å². The molecule has 1 saturated heterocycles. The van der Waals surface area contributed by atoms with Crippen LogP contribution in [0.4, 0.5) is 11.4 Å². The van der Waals surface area contributed by atoms with Gasteiger partial charge in [-0.15, -0.1) is 0 Å². The van der Waals surface area contributed by atoms with Crippen molar-refractivity contribution in [2.45, 2.75) is 32.0 Å². The van der Waals surface area contributed by atoms with Gasteiger partial charge in [0.15, 0.2) is 5.11 Å². The summed E-state index contributed by atoms with van der Waals surface area (Å²) < 4.78 is 7.85. The number of nitro groups is 1. The lowest BCUT2D eigenvalue weighted by atomic mass is 10.0. The lowest BCUT2D eigenvalue weighted by Gasteiger charge is -2.29. The summed E-state index contributed by atoms with van der Waals surface area (Å²) in [5.74, 6) is 0.791. The highest BCUT2D eigenvalue weighted by atomic mass is 32.1. The van der Waals surface area contributed by atoms with E-state index in [1.165, 1.54) is 12.1 Å². The molecular weight excluding hydrogens is 474 g/mol. The molecule has 5 rings (SSSR count). The van der Waals surface area contributed by atoms with Crippen molar-refractivity contribution in [1.29, 1.82) is 0 Å². The van der Waals surface area contributed by atoms with Gasteiger partial charge in [-0.3, -0.25) is 15.1 Å². The molecule has 0 aliphatic carbocycles. The Balaban J connectivity index is 1.59. The first-order chi connectivity index (χ1) is 17.4. The van der Waals surface area contributed by atoms with E-state index in [0.29, 0.717) is 5.11 Å². The van der Waals surface area contributed by atoms with Gasteiger partial charge in [-0.2, -0.15) is 0 Å². The lowest BCUT2D eigenvalue weighted by molar-refractivity contribution is -0.384. The molecule has 2 atom stereocenters. The van der Waals surface area contributed by atoms with Crippen molar-refractivity contribution < 1.29 is 9.66 Å². The van der Waals surface area contributed by atoms with Gasteiger partial charge in [0.1, 0.15) is 11.8 Å². The van der Waals surface area contributed by atoms with Crippen LogP contribution in [0.2, 0.25) is 0 Å². The van der Waals surface area contributed by atoms with Crippen LogP contribution in [0, 0.1) is 10.1 Å². The fourth-order valence-corrected chi connectivity index (χ4v) is 4.84. The Bertz CT molecular complexity index is 1370. The summed E-state index contributed by atoms with van der Waals surface area (Å²) in [5.41, 5.74) is 3.62. The number of aromatic nitrogens is 2. The van der Waals surface area contributed by atoms with Gasteiger partial charge in [0.25, 0.3) is 5.69 Å². The van der Waals surface area contributed by atoms with Crippen molar-refractivity contribution in [3.05, 3.63) is 113 Å². The van der Waals surface area contributed by atoms with Crippen LogP contribution in [-0.4, -0.2) is 25.7 Å². The molecule has 1 aliphatic rings. The van der Waals surface area contributed by atoms with E-state index < -0.39 is 4.92 Å². The van der Waals surface area contributed by atoms with E-state index in [-0.39, 0.29) is 23.9 Å². The summed E-state index contributed by atoms with van der Waals surface area (Å²) >= 11 is 5.83. The highest BCUT2D eigenvalue weighted by Gasteiger charge is 2.42. The molecule has 36 heavy (non-hydrogen) atoms. The maximum absolute atomic E-state index is 11.1. The van der Waals surface area contributed by atoms with Crippen LogP contribution in [0.25, 0.3) is 5.69 Å². The van der Waals surface area contributed by atoms with Gasteiger partial charge in [-0.25, -0.2) is 0 Å². The molecule has 3 heterocycles. The Morgan fingerprint density at radius 3 is 2.36 bits per heavy atom. The van der Waals surface area contributed by atoms with E-state index in [2.05, 4.69) is 15.2 Å². The number of pyridine rings is 1. The highest BCUT2D eigenvalue weighted by molar-refractivity contribution is 7.80. The zero-order chi connectivity index (χ0) is 25.2. The summed E-state index contributed by atoms with van der Waals surface area (Å²) in [6.07, 6.45) is 3.80. The van der Waals surface area contributed by atoms with Crippen LogP contribution in [0.15, 0.2) is 91.3 Å². The smallest absolute Gasteiger partial charge is 0.269 e. The van der Waals surface area contributed by atoms with E-state index in [1.54, 1.807) is 18.3 Å². The highest BCUT2D eigenvalue weighted by Crippen LogP contribution is 2.42. The summed E-state index contributed by atoms with van der Waals surface area (Å²) in [5, 5.41) is 15.2. The summed E-state index contributed by atoms with van der Waals surface area (Å²) in [4.78, 5) is 17.4. The van der Waals surface area contributed by atoms with Crippen LogP contribution in [-0.2, 0) is 0 Å². The van der Waals surface area contributed by atoms with E-state index in [9.17, 15) is 10.1 Å². The largest absolute Gasteiger partial charge is 0.491 e. The summed E-state index contributed by atoms with van der Waals surface area (Å²) in [7, 11) is 0. The molecule has 1 fully saturated rings. The van der Waals surface area contributed by atoms with Crippen LogP contribution in [0.5, 0.6) is 5.75 Å². The topological polar surface area (TPSA) is 85.5 Å². The molecule has 0 bridgehead atoms. The predicted octanol–water partition coefficient (Wildman–Crippen LogP) is 5.74. The maximum Gasteiger partial charge on any atom is 0.269 e. The minimum Gasteiger partial charge on any atom is -0.491 e. The first-order valence-electron chi connectivity index (χ1n) is 11.6. The average molecular weight is 500 g/mol. The molecule has 8 nitrogen and oxygen atoms in total. The second kappa shape index (κ2) is 9.79. The molecule has 1 aliphatic heterocycles. The SMILES string of the molecule is CC(C)Oc1ccc(N2C(=S)N[C@H](c3ccccn3)[C@@H]2c2cccn2-c2ccc([N+](=O)[O-])cc2)cc1. The monoisotopic (exact) mass is 499 g/mol. The first kappa shape index (κ1) is 23.5. The van der Waals surface area contributed by atoms with Gasteiger partial charge < -0.3 is 19.5 Å². The fraction of sp³-hybridized carbons (Fsp3) is 0.185. The zero-order valence-corrected chi connectivity index (χ0v) is 20.6. The number of anilines is 1. The Hall–Kier alpha value is -4.24. The molecule has 2 aromatic carbocycles. The number of ether oxygens (including phenoxy) is 1. The number of benzene rings is 2. The van der Waals surface area contributed by atoms with Gasteiger partial charge in [0.2, 0.25) is 0 Å². The number of thiocarbonyl (C=S) groups is 1.